The molecule has 0 aromatic carbocycles. The molecule has 0 aliphatic rings. The Morgan fingerprint density at radius 2 is 2.22 bits per heavy atom. The van der Waals surface area contributed by atoms with Gasteiger partial charge in [0, 0.05) is 6.54 Å². The van der Waals surface area contributed by atoms with Gasteiger partial charge in [-0.05, 0) is 13.3 Å². The van der Waals surface area contributed by atoms with Gasteiger partial charge in [0.15, 0.2) is 5.69 Å². The Morgan fingerprint density at radius 3 is 2.83 bits per heavy atom. The highest BCUT2D eigenvalue weighted by molar-refractivity contribution is 5.92. The minimum absolute atomic E-state index is 0.0399. The van der Waals surface area contributed by atoms with Crippen LogP contribution in [-0.4, -0.2) is 34.6 Å². The fourth-order valence-corrected chi connectivity index (χ4v) is 1.35. The lowest BCUT2D eigenvalue weighted by Crippen LogP contribution is -2.28. The van der Waals surface area contributed by atoms with Gasteiger partial charge in [0.1, 0.15) is 12.4 Å². The van der Waals surface area contributed by atoms with E-state index in [2.05, 4.69) is 10.3 Å². The predicted molar refractivity (Wildman–Crippen MR) is 65.9 cm³/mol. The molecule has 3 N–H and O–H groups in total. The monoisotopic (exact) mass is 254 g/mol. The molecule has 0 bridgehead atoms. The zero-order valence-corrected chi connectivity index (χ0v) is 10.6. The van der Waals surface area contributed by atoms with Crippen molar-refractivity contribution in [3.8, 4) is 0 Å². The van der Waals surface area contributed by atoms with Crippen molar-refractivity contribution >= 4 is 17.7 Å². The number of anilines is 1. The molecule has 1 aromatic rings. The second kappa shape index (κ2) is 6.63. The van der Waals surface area contributed by atoms with E-state index in [4.69, 9.17) is 10.5 Å². The average Bonchev–Trinajstić information content (AvgIpc) is 2.69. The van der Waals surface area contributed by atoms with E-state index in [1.54, 1.807) is 6.92 Å². The number of rotatable bonds is 6. The summed E-state index contributed by atoms with van der Waals surface area (Å²) in [6.07, 6.45) is 2.21. The largest absolute Gasteiger partial charge is 0.461 e. The van der Waals surface area contributed by atoms with E-state index in [1.807, 2.05) is 6.92 Å². The van der Waals surface area contributed by atoms with Crippen LogP contribution in [0.25, 0.3) is 0 Å². The van der Waals surface area contributed by atoms with Gasteiger partial charge in [-0.25, -0.2) is 9.78 Å². The van der Waals surface area contributed by atoms with Crippen LogP contribution in [0, 0.1) is 0 Å². The lowest BCUT2D eigenvalue weighted by Gasteiger charge is -2.06. The number of carbonyl (C=O) groups excluding carboxylic acids is 2. The first-order valence-electron chi connectivity index (χ1n) is 5.84. The number of esters is 1. The Labute approximate surface area is 105 Å². The van der Waals surface area contributed by atoms with Crippen LogP contribution in [0.15, 0.2) is 6.33 Å². The minimum Gasteiger partial charge on any atom is -0.461 e. The second-order valence-electron chi connectivity index (χ2n) is 3.68. The Hall–Kier alpha value is -2.05. The number of aromatic nitrogens is 2. The lowest BCUT2D eigenvalue weighted by molar-refractivity contribution is -0.121. The van der Waals surface area contributed by atoms with Gasteiger partial charge in [0.25, 0.3) is 0 Å². The molecule has 1 rings (SSSR count). The van der Waals surface area contributed by atoms with Gasteiger partial charge in [-0.1, -0.05) is 6.92 Å². The molecule has 1 heterocycles. The summed E-state index contributed by atoms with van der Waals surface area (Å²) in [6, 6.07) is 0. The molecule has 0 saturated heterocycles. The van der Waals surface area contributed by atoms with Crippen LogP contribution in [0.4, 0.5) is 5.82 Å². The van der Waals surface area contributed by atoms with Crippen LogP contribution in [0.3, 0.4) is 0 Å². The number of ether oxygens (including phenoxy) is 1. The summed E-state index contributed by atoms with van der Waals surface area (Å²) in [7, 11) is 0. The normalized spacial score (nSPS) is 10.1. The number of nitrogens with two attached hydrogens (primary N) is 1. The van der Waals surface area contributed by atoms with Crippen LogP contribution >= 0.6 is 0 Å². The first-order chi connectivity index (χ1) is 8.60. The Bertz CT molecular complexity index is 428. The topological polar surface area (TPSA) is 99.2 Å². The fraction of sp³-hybridized carbons (Fsp3) is 0.545. The standard InChI is InChI=1S/C11H18N4O3/c1-3-5-13-8(16)6-15-7-14-9(10(15)12)11(17)18-4-2/h7H,3-6,12H2,1-2H3,(H,13,16). The highest BCUT2D eigenvalue weighted by atomic mass is 16.5. The molecule has 7 heteroatoms. The van der Waals surface area contributed by atoms with Crippen molar-refractivity contribution in [2.24, 2.45) is 0 Å². The van der Waals surface area contributed by atoms with Crippen molar-refractivity contribution in [2.75, 3.05) is 18.9 Å². The summed E-state index contributed by atoms with van der Waals surface area (Å²) in [5, 5.41) is 2.71. The molecule has 0 aliphatic heterocycles. The van der Waals surface area contributed by atoms with Gasteiger partial charge in [0.2, 0.25) is 5.91 Å². The lowest BCUT2D eigenvalue weighted by atomic mass is 10.4. The Kier molecular flexibility index (Phi) is 5.16. The average molecular weight is 254 g/mol. The molecule has 7 nitrogen and oxygen atoms in total. The van der Waals surface area contributed by atoms with Crippen molar-refractivity contribution in [2.45, 2.75) is 26.8 Å². The maximum absolute atomic E-state index is 11.5. The molecule has 100 valence electrons. The third-order valence-electron chi connectivity index (χ3n) is 2.23. The van der Waals surface area contributed by atoms with Crippen LogP contribution in [0.5, 0.6) is 0 Å². The summed E-state index contributed by atoms with van der Waals surface area (Å²) in [6.45, 7) is 4.56. The van der Waals surface area contributed by atoms with Crippen molar-refractivity contribution in [1.29, 1.82) is 0 Å². The van der Waals surface area contributed by atoms with Crippen LogP contribution < -0.4 is 11.1 Å². The molecule has 0 saturated carbocycles. The third-order valence-corrected chi connectivity index (χ3v) is 2.23. The SMILES string of the molecule is CCCNC(=O)Cn1cnc(C(=O)OCC)c1N. The van der Waals surface area contributed by atoms with Crippen molar-refractivity contribution in [1.82, 2.24) is 14.9 Å². The number of carbonyl (C=O) groups is 2. The number of imidazole rings is 1. The van der Waals surface area contributed by atoms with Gasteiger partial charge in [0.05, 0.1) is 12.9 Å². The fourth-order valence-electron chi connectivity index (χ4n) is 1.35. The first-order valence-corrected chi connectivity index (χ1v) is 5.84. The smallest absolute Gasteiger partial charge is 0.360 e. The highest BCUT2D eigenvalue weighted by Crippen LogP contribution is 2.11. The van der Waals surface area contributed by atoms with Crippen molar-refractivity contribution in [3.05, 3.63) is 12.0 Å². The maximum atomic E-state index is 11.5. The molecule has 0 aliphatic carbocycles. The van der Waals surface area contributed by atoms with Crippen molar-refractivity contribution < 1.29 is 14.3 Å². The zero-order valence-electron chi connectivity index (χ0n) is 10.6. The summed E-state index contributed by atoms with van der Waals surface area (Å²) in [5.74, 6) is -0.612. The van der Waals surface area contributed by atoms with E-state index in [0.717, 1.165) is 6.42 Å². The summed E-state index contributed by atoms with van der Waals surface area (Å²) in [4.78, 5) is 26.8. The summed E-state index contributed by atoms with van der Waals surface area (Å²) >= 11 is 0. The van der Waals surface area contributed by atoms with E-state index in [0.29, 0.717) is 6.54 Å². The molecule has 0 spiro atoms. The number of nitrogens with one attached hydrogen (secondary N) is 1. The van der Waals surface area contributed by atoms with E-state index < -0.39 is 5.97 Å². The van der Waals surface area contributed by atoms with Crippen molar-refractivity contribution in [3.63, 3.8) is 0 Å². The quantitative estimate of drug-likeness (QED) is 0.705. The second-order valence-corrected chi connectivity index (χ2v) is 3.68. The molecule has 1 amide bonds. The molecular formula is C11H18N4O3. The first kappa shape index (κ1) is 14.0. The van der Waals surface area contributed by atoms with Gasteiger partial charge < -0.3 is 20.4 Å². The maximum Gasteiger partial charge on any atom is 0.360 e. The van der Waals surface area contributed by atoms with E-state index in [-0.39, 0.29) is 30.6 Å². The molecule has 0 radical (unpaired) electrons. The zero-order chi connectivity index (χ0) is 13.5. The third kappa shape index (κ3) is 3.47. The van der Waals surface area contributed by atoms with Gasteiger partial charge in [-0.2, -0.15) is 0 Å². The van der Waals surface area contributed by atoms with E-state index in [9.17, 15) is 9.59 Å². The molecule has 0 fully saturated rings. The number of amides is 1. The number of nitrogens with zero attached hydrogens (tertiary/aromatic N) is 2. The number of hydrogen-bond acceptors (Lipinski definition) is 5. The molecule has 1 aromatic heterocycles. The van der Waals surface area contributed by atoms with E-state index in [1.165, 1.54) is 10.9 Å². The molecule has 18 heavy (non-hydrogen) atoms. The van der Waals surface area contributed by atoms with Gasteiger partial charge >= 0.3 is 5.97 Å². The Balaban J connectivity index is 2.68. The highest BCUT2D eigenvalue weighted by Gasteiger charge is 2.17. The van der Waals surface area contributed by atoms with Gasteiger partial charge in [-0.15, -0.1) is 0 Å². The predicted octanol–water partition coefficient (Wildman–Crippen LogP) is 0.168. The molecular weight excluding hydrogens is 236 g/mol. The Morgan fingerprint density at radius 1 is 1.50 bits per heavy atom. The van der Waals surface area contributed by atoms with Gasteiger partial charge in [-0.3, -0.25) is 4.79 Å². The van der Waals surface area contributed by atoms with Crippen LogP contribution in [-0.2, 0) is 16.1 Å². The number of nitrogen functional groups attached to an aromatic ring is 1. The van der Waals surface area contributed by atoms with E-state index >= 15 is 0 Å². The minimum atomic E-state index is -0.581. The molecule has 0 atom stereocenters. The van der Waals surface area contributed by atoms with Crippen LogP contribution in [0.2, 0.25) is 0 Å². The van der Waals surface area contributed by atoms with Crippen LogP contribution in [0.1, 0.15) is 30.8 Å². The molecule has 0 unspecified atom stereocenters. The summed E-state index contributed by atoms with van der Waals surface area (Å²) in [5.41, 5.74) is 5.77. The number of hydrogen-bond donors (Lipinski definition) is 2. The summed E-state index contributed by atoms with van der Waals surface area (Å²) < 4.78 is 6.21.